The number of nitrogen functional groups attached to an aromatic ring is 1. The summed E-state index contributed by atoms with van der Waals surface area (Å²) in [6, 6.07) is 6.12. The fraction of sp³-hybridized carbons (Fsp3) is 0.200. The van der Waals surface area contributed by atoms with Crippen LogP contribution in [-0.4, -0.2) is 27.8 Å². The van der Waals surface area contributed by atoms with Crippen molar-refractivity contribution in [2.75, 3.05) is 12.8 Å². The van der Waals surface area contributed by atoms with Crippen LogP contribution in [0.3, 0.4) is 0 Å². The number of carbonyl (C=O) groups is 1. The molecule has 0 bridgehead atoms. The molecule has 0 spiro atoms. The van der Waals surface area contributed by atoms with Crippen LogP contribution in [-0.2, 0) is 6.18 Å². The van der Waals surface area contributed by atoms with Gasteiger partial charge in [-0.15, -0.1) is 0 Å². The summed E-state index contributed by atoms with van der Waals surface area (Å²) in [5.74, 6) is -0.423. The molecular formula is C20H18F3N5O3. The number of nitrogens with zero attached hydrogens (tertiary/aromatic N) is 3. The monoisotopic (exact) mass is 433 g/mol. The van der Waals surface area contributed by atoms with Gasteiger partial charge < -0.3 is 15.8 Å². The largest absolute Gasteiger partial charge is 0.493 e. The van der Waals surface area contributed by atoms with Gasteiger partial charge in [-0.3, -0.25) is 14.6 Å². The number of hydrogen-bond acceptors (Lipinski definition) is 6. The summed E-state index contributed by atoms with van der Waals surface area (Å²) in [5.41, 5.74) is 4.40. The molecule has 0 saturated heterocycles. The number of anilines is 1. The Morgan fingerprint density at radius 1 is 1.23 bits per heavy atom. The van der Waals surface area contributed by atoms with Gasteiger partial charge in [0.1, 0.15) is 11.4 Å². The summed E-state index contributed by atoms with van der Waals surface area (Å²) in [5, 5.41) is 6.61. The van der Waals surface area contributed by atoms with Gasteiger partial charge in [0.05, 0.1) is 24.9 Å². The second-order valence-corrected chi connectivity index (χ2v) is 6.60. The van der Waals surface area contributed by atoms with Crippen molar-refractivity contribution >= 4 is 11.6 Å². The number of carbonyl (C=O) groups excluding carboxylic acids is 1. The lowest BCUT2D eigenvalue weighted by molar-refractivity contribution is -0.137. The Labute approximate surface area is 174 Å². The van der Waals surface area contributed by atoms with Crippen LogP contribution in [0.25, 0.3) is 5.69 Å². The Morgan fingerprint density at radius 3 is 2.65 bits per heavy atom. The topological polar surface area (TPSA) is 112 Å². The van der Waals surface area contributed by atoms with Crippen LogP contribution < -0.4 is 21.3 Å². The predicted molar refractivity (Wildman–Crippen MR) is 106 cm³/mol. The van der Waals surface area contributed by atoms with Crippen molar-refractivity contribution in [1.29, 1.82) is 0 Å². The zero-order valence-electron chi connectivity index (χ0n) is 16.5. The second-order valence-electron chi connectivity index (χ2n) is 6.60. The maximum absolute atomic E-state index is 13.0. The van der Waals surface area contributed by atoms with Gasteiger partial charge in [0.2, 0.25) is 0 Å². The number of nitrogens with one attached hydrogen (secondary N) is 1. The molecule has 0 radical (unpaired) electrons. The SMILES string of the molecule is COc1cnccc1-n1nc(C(=O)N[C@H](C)c2cc(N)cc(C(F)(F)F)c2)ccc1=O. The van der Waals surface area contributed by atoms with E-state index in [1.165, 1.54) is 44.6 Å². The number of pyridine rings is 1. The number of aromatic nitrogens is 3. The number of nitrogens with two attached hydrogens (primary N) is 1. The highest BCUT2D eigenvalue weighted by molar-refractivity contribution is 5.92. The van der Waals surface area contributed by atoms with Crippen LogP contribution >= 0.6 is 0 Å². The summed E-state index contributed by atoms with van der Waals surface area (Å²) in [4.78, 5) is 28.8. The highest BCUT2D eigenvalue weighted by Crippen LogP contribution is 2.32. The molecule has 2 heterocycles. The predicted octanol–water partition coefficient (Wildman–Crippen LogP) is 2.73. The molecule has 31 heavy (non-hydrogen) atoms. The third kappa shape index (κ3) is 4.82. The summed E-state index contributed by atoms with van der Waals surface area (Å²) in [6.45, 7) is 1.51. The molecule has 3 aromatic rings. The Morgan fingerprint density at radius 2 is 1.97 bits per heavy atom. The number of hydrogen-bond donors (Lipinski definition) is 2. The van der Waals surface area contributed by atoms with Gasteiger partial charge >= 0.3 is 6.18 Å². The number of rotatable bonds is 5. The highest BCUT2D eigenvalue weighted by atomic mass is 19.4. The molecule has 3 N–H and O–H groups in total. The maximum atomic E-state index is 13.0. The molecule has 0 aliphatic heterocycles. The van der Waals surface area contributed by atoms with E-state index in [0.29, 0.717) is 0 Å². The summed E-state index contributed by atoms with van der Waals surface area (Å²) in [6.07, 6.45) is -1.76. The van der Waals surface area contributed by atoms with Gasteiger partial charge in [0.15, 0.2) is 5.75 Å². The fourth-order valence-corrected chi connectivity index (χ4v) is 2.85. The number of ether oxygens (including phenoxy) is 1. The lowest BCUT2D eigenvalue weighted by Gasteiger charge is -2.17. The van der Waals surface area contributed by atoms with Crippen molar-refractivity contribution in [3.63, 3.8) is 0 Å². The lowest BCUT2D eigenvalue weighted by Crippen LogP contribution is -2.31. The van der Waals surface area contributed by atoms with E-state index in [1.54, 1.807) is 0 Å². The van der Waals surface area contributed by atoms with Crippen LogP contribution in [0.1, 0.15) is 34.6 Å². The van der Waals surface area contributed by atoms with Crippen LogP contribution in [0, 0.1) is 0 Å². The molecule has 3 rings (SSSR count). The van der Waals surface area contributed by atoms with Crippen molar-refractivity contribution in [1.82, 2.24) is 20.1 Å². The molecule has 8 nitrogen and oxygen atoms in total. The van der Waals surface area contributed by atoms with Gasteiger partial charge in [-0.05, 0) is 42.8 Å². The fourth-order valence-electron chi connectivity index (χ4n) is 2.85. The first-order valence-corrected chi connectivity index (χ1v) is 8.97. The maximum Gasteiger partial charge on any atom is 0.416 e. The number of benzene rings is 1. The zero-order valence-corrected chi connectivity index (χ0v) is 16.5. The van der Waals surface area contributed by atoms with Crippen molar-refractivity contribution in [2.24, 2.45) is 0 Å². The molecule has 162 valence electrons. The van der Waals surface area contributed by atoms with Crippen LogP contribution in [0.5, 0.6) is 5.75 Å². The highest BCUT2D eigenvalue weighted by Gasteiger charge is 2.31. The van der Waals surface area contributed by atoms with E-state index >= 15 is 0 Å². The Hall–Kier alpha value is -3.89. The molecular weight excluding hydrogens is 415 g/mol. The van der Waals surface area contributed by atoms with Crippen molar-refractivity contribution in [2.45, 2.75) is 19.1 Å². The molecule has 0 unspecified atom stereocenters. The molecule has 1 amide bonds. The molecule has 11 heteroatoms. The zero-order chi connectivity index (χ0) is 22.8. The third-order valence-corrected chi connectivity index (χ3v) is 4.40. The molecule has 1 atom stereocenters. The van der Waals surface area contributed by atoms with Crippen LogP contribution in [0.15, 0.2) is 53.6 Å². The van der Waals surface area contributed by atoms with E-state index in [1.807, 2.05) is 0 Å². The smallest absolute Gasteiger partial charge is 0.416 e. The minimum absolute atomic E-state index is 0.0811. The Balaban J connectivity index is 1.89. The number of halogens is 3. The minimum atomic E-state index is -4.57. The first kappa shape index (κ1) is 21.8. The Bertz CT molecular complexity index is 1180. The first-order chi connectivity index (χ1) is 14.6. The molecule has 1 aromatic carbocycles. The van der Waals surface area contributed by atoms with Crippen LogP contribution in [0.2, 0.25) is 0 Å². The van der Waals surface area contributed by atoms with E-state index in [9.17, 15) is 22.8 Å². The van der Waals surface area contributed by atoms with Gasteiger partial charge in [-0.1, -0.05) is 0 Å². The van der Waals surface area contributed by atoms with Crippen LogP contribution in [0.4, 0.5) is 18.9 Å². The summed E-state index contributed by atoms with van der Waals surface area (Å²) in [7, 11) is 1.39. The first-order valence-electron chi connectivity index (χ1n) is 8.97. The van der Waals surface area contributed by atoms with Gasteiger partial charge in [0.25, 0.3) is 11.5 Å². The number of methoxy groups -OCH3 is 1. The lowest BCUT2D eigenvalue weighted by atomic mass is 10.0. The van der Waals surface area contributed by atoms with E-state index in [2.05, 4.69) is 15.4 Å². The number of alkyl halides is 3. The van der Waals surface area contributed by atoms with Gasteiger partial charge in [0, 0.05) is 18.0 Å². The summed E-state index contributed by atoms with van der Waals surface area (Å²) < 4.78 is 45.3. The van der Waals surface area contributed by atoms with Crippen molar-refractivity contribution in [3.05, 3.63) is 76.0 Å². The molecule has 2 aromatic heterocycles. The van der Waals surface area contributed by atoms with E-state index < -0.39 is 29.2 Å². The standard InChI is InChI=1S/C20H18F3N5O3/c1-11(12-7-13(20(21,22)23)9-14(24)8-12)26-19(30)15-3-4-18(29)28(27-15)16-5-6-25-10-17(16)31-2/h3-11H,24H2,1-2H3,(H,26,30)/t11-/m1/s1. The van der Waals surface area contributed by atoms with E-state index in [0.717, 1.165) is 22.9 Å². The average Bonchev–Trinajstić information content (AvgIpc) is 2.73. The van der Waals surface area contributed by atoms with E-state index in [4.69, 9.17) is 10.5 Å². The van der Waals surface area contributed by atoms with Gasteiger partial charge in [-0.25, -0.2) is 0 Å². The molecule has 0 aliphatic carbocycles. The average molecular weight is 433 g/mol. The molecule has 0 aliphatic rings. The summed E-state index contributed by atoms with van der Waals surface area (Å²) >= 11 is 0. The number of amides is 1. The van der Waals surface area contributed by atoms with Crippen molar-refractivity contribution < 1.29 is 22.7 Å². The molecule has 0 fully saturated rings. The second kappa shape index (κ2) is 8.46. The van der Waals surface area contributed by atoms with Gasteiger partial charge in [-0.2, -0.15) is 23.0 Å². The third-order valence-electron chi connectivity index (χ3n) is 4.40. The quantitative estimate of drug-likeness (QED) is 0.599. The van der Waals surface area contributed by atoms with Crippen molar-refractivity contribution in [3.8, 4) is 11.4 Å². The normalized spacial score (nSPS) is 12.3. The van der Waals surface area contributed by atoms with E-state index in [-0.39, 0.29) is 28.4 Å². The minimum Gasteiger partial charge on any atom is -0.493 e. The molecule has 0 saturated carbocycles. The Kier molecular flexibility index (Phi) is 5.95.